The van der Waals surface area contributed by atoms with Crippen molar-refractivity contribution in [2.45, 2.75) is 12.5 Å². The monoisotopic (exact) mass is 349 g/mol. The first-order valence-electron chi connectivity index (χ1n) is 4.99. The van der Waals surface area contributed by atoms with Crippen LogP contribution in [0.25, 0.3) is 0 Å². The quantitative estimate of drug-likeness (QED) is 0.822. The average molecular weight is 351 g/mol. The maximum atomic E-state index is 6.17. The maximum Gasteiger partial charge on any atom is 0.0453 e. The van der Waals surface area contributed by atoms with Gasteiger partial charge in [0, 0.05) is 25.9 Å². The van der Waals surface area contributed by atoms with E-state index in [0.717, 1.165) is 15.6 Å². The van der Waals surface area contributed by atoms with Crippen LogP contribution >= 0.6 is 50.5 Å². The first kappa shape index (κ1) is 13.4. The van der Waals surface area contributed by atoms with Gasteiger partial charge in [-0.3, -0.25) is 0 Å². The molecule has 1 nitrogen and oxygen atoms in total. The largest absolute Gasteiger partial charge is 0.324 e. The molecule has 0 bridgehead atoms. The van der Waals surface area contributed by atoms with Crippen LogP contribution in [0.5, 0.6) is 0 Å². The van der Waals surface area contributed by atoms with Crippen molar-refractivity contribution in [3.8, 4) is 0 Å². The number of thiophene rings is 1. The molecule has 17 heavy (non-hydrogen) atoms. The maximum absolute atomic E-state index is 6.17. The minimum absolute atomic E-state index is 0.104. The van der Waals surface area contributed by atoms with Gasteiger partial charge in [0.2, 0.25) is 0 Å². The Morgan fingerprint density at radius 2 is 1.88 bits per heavy atom. The topological polar surface area (TPSA) is 26.0 Å². The zero-order valence-electron chi connectivity index (χ0n) is 8.79. The Bertz CT molecular complexity index is 507. The highest BCUT2D eigenvalue weighted by Gasteiger charge is 2.15. The van der Waals surface area contributed by atoms with E-state index in [9.17, 15) is 0 Å². The van der Waals surface area contributed by atoms with Gasteiger partial charge >= 0.3 is 0 Å². The van der Waals surface area contributed by atoms with Gasteiger partial charge in [0.15, 0.2) is 0 Å². The van der Waals surface area contributed by atoms with Crippen molar-refractivity contribution >= 4 is 50.5 Å². The summed E-state index contributed by atoms with van der Waals surface area (Å²) in [5.74, 6) is 0. The summed E-state index contributed by atoms with van der Waals surface area (Å²) < 4.78 is 1.04. The number of halogens is 3. The fourth-order valence-corrected chi connectivity index (χ4v) is 3.82. The molecule has 2 N–H and O–H groups in total. The van der Waals surface area contributed by atoms with Crippen molar-refractivity contribution < 1.29 is 0 Å². The summed E-state index contributed by atoms with van der Waals surface area (Å²) in [6, 6.07) is 5.39. The Balaban J connectivity index is 2.25. The van der Waals surface area contributed by atoms with E-state index >= 15 is 0 Å². The molecule has 1 aromatic carbocycles. The molecule has 1 unspecified atom stereocenters. The normalized spacial score (nSPS) is 12.7. The molecule has 0 amide bonds. The minimum atomic E-state index is -0.104. The zero-order valence-corrected chi connectivity index (χ0v) is 12.7. The van der Waals surface area contributed by atoms with Gasteiger partial charge < -0.3 is 5.73 Å². The molecule has 0 saturated heterocycles. The van der Waals surface area contributed by atoms with Gasteiger partial charge in [-0.25, -0.2) is 0 Å². The number of benzene rings is 1. The molecule has 90 valence electrons. The molecule has 0 fully saturated rings. The van der Waals surface area contributed by atoms with E-state index in [1.165, 1.54) is 0 Å². The predicted octanol–water partition coefficient (Wildman–Crippen LogP) is 5.06. The predicted molar refractivity (Wildman–Crippen MR) is 79.1 cm³/mol. The second-order valence-corrected chi connectivity index (χ2v) is 6.10. The summed E-state index contributed by atoms with van der Waals surface area (Å²) in [7, 11) is 0. The van der Waals surface area contributed by atoms with Gasteiger partial charge in [-0.05, 0) is 51.0 Å². The summed E-state index contributed by atoms with van der Waals surface area (Å²) >= 11 is 17.4. The van der Waals surface area contributed by atoms with Crippen LogP contribution in [0, 0.1) is 0 Å². The molecule has 0 aliphatic rings. The van der Waals surface area contributed by atoms with Crippen LogP contribution in [0.1, 0.15) is 17.2 Å². The Hall–Kier alpha value is -0.0600. The van der Waals surface area contributed by atoms with Crippen molar-refractivity contribution in [1.82, 2.24) is 0 Å². The molecular formula is C12H10BrCl2NS. The Labute approximate surface area is 123 Å². The number of rotatable bonds is 3. The van der Waals surface area contributed by atoms with Crippen molar-refractivity contribution in [1.29, 1.82) is 0 Å². The highest BCUT2D eigenvalue weighted by atomic mass is 79.9. The molecule has 0 radical (unpaired) electrons. The van der Waals surface area contributed by atoms with Crippen LogP contribution in [0.15, 0.2) is 33.4 Å². The Kier molecular flexibility index (Phi) is 4.50. The van der Waals surface area contributed by atoms with E-state index in [1.807, 2.05) is 29.0 Å². The van der Waals surface area contributed by atoms with E-state index in [-0.39, 0.29) is 6.04 Å². The van der Waals surface area contributed by atoms with Gasteiger partial charge in [-0.2, -0.15) is 11.3 Å². The molecule has 2 rings (SSSR count). The van der Waals surface area contributed by atoms with E-state index in [2.05, 4.69) is 15.9 Å². The smallest absolute Gasteiger partial charge is 0.0453 e. The molecule has 1 atom stereocenters. The van der Waals surface area contributed by atoms with Crippen molar-refractivity contribution in [3.63, 3.8) is 0 Å². The molecular weight excluding hydrogens is 341 g/mol. The van der Waals surface area contributed by atoms with Crippen molar-refractivity contribution in [3.05, 3.63) is 54.6 Å². The summed E-state index contributed by atoms with van der Waals surface area (Å²) in [6.07, 6.45) is 0.633. The molecule has 5 heteroatoms. The lowest BCUT2D eigenvalue weighted by Gasteiger charge is -2.13. The molecule has 0 spiro atoms. The fourth-order valence-electron chi connectivity index (χ4n) is 1.61. The van der Waals surface area contributed by atoms with Gasteiger partial charge in [-0.15, -0.1) is 0 Å². The standard InChI is InChI=1S/C12H10BrCl2NS/c13-9-6-17-5-8(9)12(16)4-7-10(14)2-1-3-11(7)15/h1-3,5-6,12H,4,16H2. The van der Waals surface area contributed by atoms with Crippen molar-refractivity contribution in [2.24, 2.45) is 5.73 Å². The first-order chi connectivity index (χ1) is 8.09. The summed E-state index contributed by atoms with van der Waals surface area (Å²) in [5, 5.41) is 5.39. The second kappa shape index (κ2) is 5.72. The van der Waals surface area contributed by atoms with E-state index in [0.29, 0.717) is 16.5 Å². The lowest BCUT2D eigenvalue weighted by Crippen LogP contribution is -2.13. The SMILES string of the molecule is NC(Cc1c(Cl)cccc1Cl)c1cscc1Br. The molecule has 1 aromatic heterocycles. The van der Waals surface area contributed by atoms with Crippen LogP contribution in [-0.4, -0.2) is 0 Å². The number of nitrogens with two attached hydrogens (primary N) is 1. The highest BCUT2D eigenvalue weighted by Crippen LogP contribution is 2.32. The van der Waals surface area contributed by atoms with Crippen LogP contribution in [0.4, 0.5) is 0 Å². The van der Waals surface area contributed by atoms with E-state index in [4.69, 9.17) is 28.9 Å². The van der Waals surface area contributed by atoms with Gasteiger partial charge in [0.05, 0.1) is 0 Å². The zero-order chi connectivity index (χ0) is 12.4. The second-order valence-electron chi connectivity index (χ2n) is 3.69. The highest BCUT2D eigenvalue weighted by molar-refractivity contribution is 9.10. The van der Waals surface area contributed by atoms with Crippen LogP contribution in [-0.2, 0) is 6.42 Å². The Morgan fingerprint density at radius 1 is 1.24 bits per heavy atom. The minimum Gasteiger partial charge on any atom is -0.324 e. The molecule has 1 heterocycles. The molecule has 2 aromatic rings. The number of hydrogen-bond acceptors (Lipinski definition) is 2. The third-order valence-electron chi connectivity index (χ3n) is 2.53. The molecule has 0 aliphatic heterocycles. The number of hydrogen-bond donors (Lipinski definition) is 1. The lowest BCUT2D eigenvalue weighted by molar-refractivity contribution is 0.722. The third-order valence-corrected chi connectivity index (χ3v) is 4.99. The summed E-state index contributed by atoms with van der Waals surface area (Å²) in [6.45, 7) is 0. The Morgan fingerprint density at radius 3 is 2.41 bits per heavy atom. The first-order valence-corrected chi connectivity index (χ1v) is 7.49. The summed E-state index contributed by atoms with van der Waals surface area (Å²) in [5.41, 5.74) is 8.16. The molecule has 0 aliphatic carbocycles. The van der Waals surface area contributed by atoms with Crippen LogP contribution < -0.4 is 5.73 Å². The summed E-state index contributed by atoms with van der Waals surface area (Å²) in [4.78, 5) is 0. The van der Waals surface area contributed by atoms with Gasteiger partial charge in [0.1, 0.15) is 0 Å². The van der Waals surface area contributed by atoms with Crippen LogP contribution in [0.3, 0.4) is 0 Å². The average Bonchev–Trinajstić information content (AvgIpc) is 2.70. The van der Waals surface area contributed by atoms with E-state index in [1.54, 1.807) is 11.3 Å². The lowest BCUT2D eigenvalue weighted by atomic mass is 10.0. The van der Waals surface area contributed by atoms with E-state index < -0.39 is 0 Å². The van der Waals surface area contributed by atoms with Crippen molar-refractivity contribution in [2.75, 3.05) is 0 Å². The van der Waals surface area contributed by atoms with Gasteiger partial charge in [0.25, 0.3) is 0 Å². The third kappa shape index (κ3) is 3.04. The molecule has 0 saturated carbocycles. The fraction of sp³-hybridized carbons (Fsp3) is 0.167. The van der Waals surface area contributed by atoms with Gasteiger partial charge in [-0.1, -0.05) is 29.3 Å². The van der Waals surface area contributed by atoms with Crippen LogP contribution in [0.2, 0.25) is 10.0 Å².